The molecular weight excluding hydrogens is 515 g/mol. The van der Waals surface area contributed by atoms with E-state index in [9.17, 15) is 14.4 Å². The number of unbranched alkanes of at least 4 members (excludes halogenated alkanes) is 3. The third-order valence-corrected chi connectivity index (χ3v) is 6.98. The van der Waals surface area contributed by atoms with Crippen LogP contribution in [0.1, 0.15) is 70.1 Å². The number of nitriles is 1. The Hall–Kier alpha value is -2.42. The number of carbonyl (C=O) groups excluding carboxylic acids is 2. The van der Waals surface area contributed by atoms with Crippen molar-refractivity contribution in [2.24, 2.45) is 0 Å². The maximum absolute atomic E-state index is 12.8. The van der Waals surface area contributed by atoms with Gasteiger partial charge in [-0.25, -0.2) is 4.79 Å². The van der Waals surface area contributed by atoms with Crippen LogP contribution in [0.2, 0.25) is 0 Å². The molecule has 1 aromatic heterocycles. The highest BCUT2D eigenvalue weighted by molar-refractivity contribution is 7.46. The second-order valence-corrected chi connectivity index (χ2v) is 10.4. The summed E-state index contributed by atoms with van der Waals surface area (Å²) in [5, 5.41) is 16.4. The van der Waals surface area contributed by atoms with Crippen LogP contribution in [0.5, 0.6) is 0 Å². The first-order chi connectivity index (χ1) is 18.7. The van der Waals surface area contributed by atoms with Crippen molar-refractivity contribution in [1.82, 2.24) is 9.55 Å². The highest BCUT2D eigenvalue weighted by Gasteiger charge is 2.38. The Labute approximate surface area is 226 Å². The molecule has 0 spiro atoms. The summed E-state index contributed by atoms with van der Waals surface area (Å²) in [7, 11) is -1.26. The van der Waals surface area contributed by atoms with Gasteiger partial charge in [-0.3, -0.25) is 9.36 Å². The van der Waals surface area contributed by atoms with Gasteiger partial charge in [-0.2, -0.15) is 10.2 Å². The molecule has 0 radical (unpaired) electrons. The van der Waals surface area contributed by atoms with Crippen LogP contribution in [-0.2, 0) is 28.1 Å². The number of aliphatic hydroxyl groups is 1. The first kappa shape index (κ1) is 30.1. The van der Waals surface area contributed by atoms with Crippen LogP contribution in [0.3, 0.4) is 0 Å². The molecule has 0 aliphatic carbocycles. The molecule has 1 aromatic rings. The number of ether oxygens (including phenoxy) is 2. The largest absolute Gasteiger partial charge is 0.466 e. The first-order valence-corrected chi connectivity index (χ1v) is 14.5. The Kier molecular flexibility index (Phi) is 13.7. The van der Waals surface area contributed by atoms with E-state index < -0.39 is 32.5 Å². The second kappa shape index (κ2) is 17.2. The van der Waals surface area contributed by atoms with Crippen molar-refractivity contribution < 1.29 is 33.2 Å². The first-order valence-electron chi connectivity index (χ1n) is 13.3. The molecule has 2 rings (SSSR count). The Morgan fingerprint density at radius 1 is 1.34 bits per heavy atom. The van der Waals surface area contributed by atoms with Gasteiger partial charge in [-0.05, 0) is 33.1 Å². The molecule has 13 heteroatoms. The van der Waals surface area contributed by atoms with Gasteiger partial charge in [0.1, 0.15) is 23.9 Å². The van der Waals surface area contributed by atoms with Gasteiger partial charge < -0.3 is 33.7 Å². The fourth-order valence-electron chi connectivity index (χ4n) is 3.85. The third kappa shape index (κ3) is 11.1. The summed E-state index contributed by atoms with van der Waals surface area (Å²) < 4.78 is 31.1. The van der Waals surface area contributed by atoms with E-state index in [1.165, 1.54) is 11.5 Å². The predicted molar refractivity (Wildman–Crippen MR) is 141 cm³/mol. The van der Waals surface area contributed by atoms with Crippen LogP contribution < -0.4 is 11.0 Å². The van der Waals surface area contributed by atoms with E-state index in [1.807, 2.05) is 13.0 Å². The van der Waals surface area contributed by atoms with Gasteiger partial charge in [-0.1, -0.05) is 6.42 Å². The molecule has 4 unspecified atom stereocenters. The van der Waals surface area contributed by atoms with Gasteiger partial charge in [0.05, 0.1) is 44.8 Å². The van der Waals surface area contributed by atoms with Crippen LogP contribution in [0, 0.1) is 18.3 Å². The number of rotatable bonds is 19. The third-order valence-electron chi connectivity index (χ3n) is 5.87. The Morgan fingerprint density at radius 2 is 2.13 bits per heavy atom. The SMILES string of the molecule is [2H]OCC1OC(n2cc(C)c(NCCCCCCOC(=O)CCC(C)=O)nc2=O)CC1OP(C)OCCC#N. The van der Waals surface area contributed by atoms with Gasteiger partial charge in [-0.15, -0.1) is 0 Å². The average Bonchev–Trinajstić information content (AvgIpc) is 3.28. The normalized spacial score (nSPS) is 19.9. The van der Waals surface area contributed by atoms with Crippen molar-refractivity contribution in [3.63, 3.8) is 0 Å². The molecule has 0 aromatic carbocycles. The standard InChI is InChI=1S/C25H39N4O8P/c1-18-16-29(22-15-20(21(17-30)36-22)37-38(3)35-14-8-11-26)25(33)28-24(18)27-12-6-4-5-7-13-34-23(32)10-9-19(2)31/h16,20-22,30H,4-10,12-15,17H2,1-3H3,(H,27,28,33)/i30D. The van der Waals surface area contributed by atoms with Crippen molar-refractivity contribution >= 4 is 25.9 Å². The fraction of sp³-hybridized carbons (Fsp3) is 0.720. The van der Waals surface area contributed by atoms with Crippen LogP contribution >= 0.6 is 8.38 Å². The molecule has 212 valence electrons. The maximum Gasteiger partial charge on any atom is 0.351 e. The minimum absolute atomic E-state index is 0.0222. The van der Waals surface area contributed by atoms with E-state index in [0.717, 1.165) is 31.2 Å². The quantitative estimate of drug-likeness (QED) is 0.147. The molecule has 4 atom stereocenters. The number of carbonyl (C=O) groups is 2. The smallest absolute Gasteiger partial charge is 0.351 e. The van der Waals surface area contributed by atoms with E-state index in [4.69, 9.17) is 25.2 Å². The number of aryl methyl sites for hydroxylation is 1. The monoisotopic (exact) mass is 555 g/mol. The van der Waals surface area contributed by atoms with Gasteiger partial charge in [0, 0.05) is 37.8 Å². The van der Waals surface area contributed by atoms with Gasteiger partial charge in [0.15, 0.2) is 8.38 Å². The lowest BCUT2D eigenvalue weighted by Crippen LogP contribution is -2.29. The summed E-state index contributed by atoms with van der Waals surface area (Å²) in [6.07, 6.45) is 4.49. The van der Waals surface area contributed by atoms with E-state index in [-0.39, 0.29) is 44.2 Å². The van der Waals surface area contributed by atoms with Crippen molar-refractivity contribution in [3.05, 3.63) is 22.2 Å². The lowest BCUT2D eigenvalue weighted by Gasteiger charge is -2.20. The summed E-state index contributed by atoms with van der Waals surface area (Å²) in [5.41, 5.74) is 0.320. The van der Waals surface area contributed by atoms with Crippen molar-refractivity contribution in [1.29, 1.82) is 6.69 Å². The molecule has 1 fully saturated rings. The van der Waals surface area contributed by atoms with Gasteiger partial charge >= 0.3 is 11.7 Å². The number of aliphatic hydroxyl groups excluding tert-OH is 1. The fourth-order valence-corrected chi connectivity index (χ4v) is 4.86. The number of aromatic nitrogens is 2. The van der Waals surface area contributed by atoms with E-state index >= 15 is 0 Å². The van der Waals surface area contributed by atoms with E-state index in [2.05, 4.69) is 15.4 Å². The zero-order valence-corrected chi connectivity index (χ0v) is 23.2. The number of nitrogens with zero attached hydrogens (tertiary/aromatic N) is 3. The zero-order chi connectivity index (χ0) is 28.6. The summed E-state index contributed by atoms with van der Waals surface area (Å²) in [4.78, 5) is 39.4. The minimum atomic E-state index is -1.26. The van der Waals surface area contributed by atoms with Gasteiger partial charge in [0.25, 0.3) is 0 Å². The van der Waals surface area contributed by atoms with Crippen LogP contribution in [0.25, 0.3) is 0 Å². The number of hydrogen-bond acceptors (Lipinski definition) is 11. The Morgan fingerprint density at radius 3 is 2.87 bits per heavy atom. The van der Waals surface area contributed by atoms with Crippen molar-refractivity contribution in [2.45, 2.75) is 83.6 Å². The lowest BCUT2D eigenvalue weighted by atomic mass is 10.2. The van der Waals surface area contributed by atoms with Crippen molar-refractivity contribution in [2.75, 3.05) is 38.3 Å². The van der Waals surface area contributed by atoms with Gasteiger partial charge in [0.2, 0.25) is 1.43 Å². The van der Waals surface area contributed by atoms with Crippen molar-refractivity contribution in [3.8, 4) is 6.07 Å². The molecular formula is C25H39N4O8P. The molecule has 2 N–H and O–H groups in total. The van der Waals surface area contributed by atoms with Crippen LogP contribution in [0.4, 0.5) is 5.82 Å². The zero-order valence-electron chi connectivity index (χ0n) is 23.3. The number of hydrogen-bond donors (Lipinski definition) is 2. The lowest BCUT2D eigenvalue weighted by molar-refractivity contribution is -0.144. The predicted octanol–water partition coefficient (Wildman–Crippen LogP) is 2.97. The summed E-state index contributed by atoms with van der Waals surface area (Å²) >= 11 is 0. The number of nitrogens with one attached hydrogen (secondary N) is 1. The molecule has 12 nitrogen and oxygen atoms in total. The Balaban J connectivity index is 1.79. The molecule has 1 aliphatic heterocycles. The molecule has 0 amide bonds. The van der Waals surface area contributed by atoms with Crippen LogP contribution in [-0.4, -0.2) is 73.1 Å². The van der Waals surface area contributed by atoms with E-state index in [1.54, 1.807) is 12.9 Å². The summed E-state index contributed by atoms with van der Waals surface area (Å²) in [5.74, 6) is 0.142. The molecule has 0 bridgehead atoms. The molecule has 2 heterocycles. The number of Topliss-reactive ketones (excluding diaryl/α,β-unsaturated/α-hetero) is 1. The topological polar surface area (TPSA) is 162 Å². The number of anilines is 1. The molecule has 38 heavy (non-hydrogen) atoms. The van der Waals surface area contributed by atoms with E-state index in [0.29, 0.717) is 25.4 Å². The highest BCUT2D eigenvalue weighted by Crippen LogP contribution is 2.41. The maximum atomic E-state index is 12.8. The average molecular weight is 556 g/mol. The summed E-state index contributed by atoms with van der Waals surface area (Å²) in [6.45, 7) is 6.32. The number of esters is 1. The number of ketones is 1. The second-order valence-electron chi connectivity index (χ2n) is 9.08. The summed E-state index contributed by atoms with van der Waals surface area (Å²) in [6, 6.07) is 2.01. The van der Waals surface area contributed by atoms with Crippen LogP contribution in [0.15, 0.2) is 11.0 Å². The molecule has 1 saturated heterocycles. The highest BCUT2D eigenvalue weighted by atomic mass is 31.2. The Bertz CT molecular complexity index is 1020. The molecule has 0 saturated carbocycles. The minimum Gasteiger partial charge on any atom is -0.466 e. The molecule has 1 aliphatic rings.